The van der Waals surface area contributed by atoms with Crippen LogP contribution in [0.2, 0.25) is 0 Å². The molecule has 0 fully saturated rings. The van der Waals surface area contributed by atoms with Crippen molar-refractivity contribution in [2.45, 2.75) is 6.92 Å². The molecular formula is C16H12BrN3O. The van der Waals surface area contributed by atoms with Crippen LogP contribution in [0.15, 0.2) is 41.0 Å². The predicted molar refractivity (Wildman–Crippen MR) is 84.3 cm³/mol. The smallest absolute Gasteiger partial charge is 0.152 e. The molecule has 0 saturated heterocycles. The number of benzene rings is 1. The van der Waals surface area contributed by atoms with Crippen molar-refractivity contribution >= 4 is 21.6 Å². The zero-order chi connectivity index (χ0) is 15.0. The maximum atomic E-state index is 9.50. The van der Waals surface area contributed by atoms with Gasteiger partial charge in [0.1, 0.15) is 23.2 Å². The molecule has 0 spiro atoms. The van der Waals surface area contributed by atoms with Crippen molar-refractivity contribution < 1.29 is 4.74 Å². The van der Waals surface area contributed by atoms with Crippen molar-refractivity contribution in [3.63, 3.8) is 0 Å². The number of nitrogens with zero attached hydrogens (tertiary/aromatic N) is 3. The minimum Gasteiger partial charge on any atom is -0.497 e. The topological polar surface area (TPSA) is 50.3 Å². The molecule has 0 saturated carbocycles. The molecule has 3 aromatic rings. The summed E-state index contributed by atoms with van der Waals surface area (Å²) < 4.78 is 7.98. The van der Waals surface area contributed by atoms with Gasteiger partial charge in [-0.3, -0.25) is 4.40 Å². The van der Waals surface area contributed by atoms with Crippen molar-refractivity contribution in [1.29, 1.82) is 5.26 Å². The number of ether oxygens (including phenoxy) is 1. The van der Waals surface area contributed by atoms with E-state index in [1.807, 2.05) is 43.5 Å². The Kier molecular flexibility index (Phi) is 3.40. The highest BCUT2D eigenvalue weighted by Gasteiger charge is 2.15. The minimum atomic E-state index is 0.513. The highest BCUT2D eigenvalue weighted by atomic mass is 79.9. The fraction of sp³-hybridized carbons (Fsp3) is 0.125. The van der Waals surface area contributed by atoms with Gasteiger partial charge in [-0.15, -0.1) is 0 Å². The van der Waals surface area contributed by atoms with Crippen molar-refractivity contribution in [3.8, 4) is 23.1 Å². The van der Waals surface area contributed by atoms with Crippen LogP contribution >= 0.6 is 15.9 Å². The van der Waals surface area contributed by atoms with Gasteiger partial charge in [-0.25, -0.2) is 4.98 Å². The van der Waals surface area contributed by atoms with Crippen LogP contribution in [0.1, 0.15) is 11.3 Å². The van der Waals surface area contributed by atoms with Gasteiger partial charge in [0, 0.05) is 16.2 Å². The zero-order valence-electron chi connectivity index (χ0n) is 11.6. The molecular weight excluding hydrogens is 330 g/mol. The Balaban J connectivity index is 2.30. The molecule has 2 aromatic heterocycles. The lowest BCUT2D eigenvalue weighted by Crippen LogP contribution is -1.91. The Morgan fingerprint density at radius 1 is 1.33 bits per heavy atom. The third kappa shape index (κ3) is 2.28. The Morgan fingerprint density at radius 3 is 2.86 bits per heavy atom. The number of methoxy groups -OCH3 is 1. The summed E-state index contributed by atoms with van der Waals surface area (Å²) in [6.45, 7) is 2.00. The van der Waals surface area contributed by atoms with E-state index in [4.69, 9.17) is 4.74 Å². The largest absolute Gasteiger partial charge is 0.497 e. The van der Waals surface area contributed by atoms with Crippen LogP contribution in [0.4, 0.5) is 0 Å². The molecule has 4 nitrogen and oxygen atoms in total. The normalized spacial score (nSPS) is 10.6. The van der Waals surface area contributed by atoms with Crippen LogP contribution in [0, 0.1) is 18.3 Å². The Labute approximate surface area is 130 Å². The van der Waals surface area contributed by atoms with Gasteiger partial charge >= 0.3 is 0 Å². The first kappa shape index (κ1) is 13.7. The summed E-state index contributed by atoms with van der Waals surface area (Å²) in [6, 6.07) is 11.8. The highest BCUT2D eigenvalue weighted by molar-refractivity contribution is 9.10. The summed E-state index contributed by atoms with van der Waals surface area (Å²) in [7, 11) is 1.62. The highest BCUT2D eigenvalue weighted by Crippen LogP contribution is 2.28. The zero-order valence-corrected chi connectivity index (χ0v) is 13.2. The quantitative estimate of drug-likeness (QED) is 0.708. The van der Waals surface area contributed by atoms with Crippen molar-refractivity contribution in [1.82, 2.24) is 9.38 Å². The Hall–Kier alpha value is -2.32. The average Bonchev–Trinajstić information content (AvgIpc) is 2.85. The van der Waals surface area contributed by atoms with E-state index in [9.17, 15) is 5.26 Å². The van der Waals surface area contributed by atoms with Crippen molar-refractivity contribution in [3.05, 3.63) is 52.3 Å². The molecule has 0 N–H and O–H groups in total. The maximum Gasteiger partial charge on any atom is 0.152 e. The Morgan fingerprint density at radius 2 is 2.14 bits per heavy atom. The summed E-state index contributed by atoms with van der Waals surface area (Å²) in [6.07, 6.45) is 1.87. The minimum absolute atomic E-state index is 0.513. The SMILES string of the molecule is COc1cccc(-c2nc3cc(C)c(Br)cn3c2C#N)c1. The molecule has 2 heterocycles. The number of hydrogen-bond acceptors (Lipinski definition) is 3. The van der Waals surface area contributed by atoms with E-state index in [-0.39, 0.29) is 0 Å². The molecule has 0 aliphatic carbocycles. The molecule has 1 aromatic carbocycles. The number of aryl methyl sites for hydroxylation is 1. The van der Waals surface area contributed by atoms with E-state index in [0.717, 1.165) is 27.0 Å². The lowest BCUT2D eigenvalue weighted by atomic mass is 10.1. The maximum absolute atomic E-state index is 9.50. The lowest BCUT2D eigenvalue weighted by molar-refractivity contribution is 0.415. The van der Waals surface area contributed by atoms with E-state index in [1.54, 1.807) is 11.5 Å². The van der Waals surface area contributed by atoms with Gasteiger partial charge in [-0.1, -0.05) is 12.1 Å². The van der Waals surface area contributed by atoms with Crippen LogP contribution in [-0.2, 0) is 0 Å². The fourth-order valence-corrected chi connectivity index (χ4v) is 2.56. The van der Waals surface area contributed by atoms with Crippen molar-refractivity contribution in [2.75, 3.05) is 7.11 Å². The van der Waals surface area contributed by atoms with Crippen LogP contribution in [0.3, 0.4) is 0 Å². The van der Waals surface area contributed by atoms with Crippen LogP contribution in [0.5, 0.6) is 5.75 Å². The monoisotopic (exact) mass is 341 g/mol. The molecule has 0 atom stereocenters. The summed E-state index contributed by atoms with van der Waals surface area (Å²) in [4.78, 5) is 4.60. The van der Waals surface area contributed by atoms with Gasteiger partial charge in [0.15, 0.2) is 5.69 Å². The van der Waals surface area contributed by atoms with Crippen LogP contribution in [-0.4, -0.2) is 16.5 Å². The molecule has 0 amide bonds. The third-order valence-corrected chi connectivity index (χ3v) is 4.18. The molecule has 0 aliphatic heterocycles. The number of aromatic nitrogens is 2. The predicted octanol–water partition coefficient (Wildman–Crippen LogP) is 3.95. The fourth-order valence-electron chi connectivity index (χ4n) is 2.24. The second-order valence-corrected chi connectivity index (χ2v) is 5.54. The second-order valence-electron chi connectivity index (χ2n) is 4.69. The summed E-state index contributed by atoms with van der Waals surface area (Å²) >= 11 is 3.49. The van der Waals surface area contributed by atoms with Gasteiger partial charge in [0.05, 0.1) is 7.11 Å². The summed E-state index contributed by atoms with van der Waals surface area (Å²) in [5, 5.41) is 9.50. The first-order valence-electron chi connectivity index (χ1n) is 6.36. The van der Waals surface area contributed by atoms with Crippen LogP contribution < -0.4 is 4.74 Å². The van der Waals surface area contributed by atoms with E-state index >= 15 is 0 Å². The number of nitriles is 1. The van der Waals surface area contributed by atoms with E-state index in [0.29, 0.717) is 11.4 Å². The first-order valence-corrected chi connectivity index (χ1v) is 7.16. The first-order chi connectivity index (χ1) is 10.1. The van der Waals surface area contributed by atoms with Gasteiger partial charge < -0.3 is 4.74 Å². The second kappa shape index (κ2) is 5.23. The number of rotatable bonds is 2. The molecule has 21 heavy (non-hydrogen) atoms. The summed E-state index contributed by atoms with van der Waals surface area (Å²) in [5.74, 6) is 0.741. The third-order valence-electron chi connectivity index (χ3n) is 3.35. The molecule has 0 radical (unpaired) electrons. The molecule has 0 unspecified atom stereocenters. The standard InChI is InChI=1S/C16H12BrN3O/c1-10-6-15-19-16(11-4-3-5-12(7-11)21-2)14(8-18)20(15)9-13(10)17/h3-7,9H,1-2H3. The van der Waals surface area contributed by atoms with E-state index in [1.165, 1.54) is 0 Å². The molecule has 3 rings (SSSR count). The van der Waals surface area contributed by atoms with Gasteiger partial charge in [-0.2, -0.15) is 5.26 Å². The summed E-state index contributed by atoms with van der Waals surface area (Å²) in [5.41, 5.74) is 3.87. The molecule has 5 heteroatoms. The number of halogens is 1. The average molecular weight is 342 g/mol. The molecule has 0 bridgehead atoms. The van der Waals surface area contributed by atoms with Gasteiger partial charge in [-0.05, 0) is 46.6 Å². The Bertz CT molecular complexity index is 877. The van der Waals surface area contributed by atoms with Crippen molar-refractivity contribution in [2.24, 2.45) is 0 Å². The number of hydrogen-bond donors (Lipinski definition) is 0. The number of imidazole rings is 1. The number of fused-ring (bicyclic) bond motifs is 1. The molecule has 104 valence electrons. The van der Waals surface area contributed by atoms with Crippen LogP contribution in [0.25, 0.3) is 16.9 Å². The molecule has 0 aliphatic rings. The van der Waals surface area contributed by atoms with Gasteiger partial charge in [0.25, 0.3) is 0 Å². The van der Waals surface area contributed by atoms with Gasteiger partial charge in [0.2, 0.25) is 0 Å². The lowest BCUT2D eigenvalue weighted by Gasteiger charge is -2.02. The van der Waals surface area contributed by atoms with E-state index in [2.05, 4.69) is 27.0 Å². The number of pyridine rings is 1. The van der Waals surface area contributed by atoms with E-state index < -0.39 is 0 Å².